The van der Waals surface area contributed by atoms with Crippen LogP contribution in [-0.2, 0) is 0 Å². The van der Waals surface area contributed by atoms with Gasteiger partial charge in [-0.25, -0.2) is 9.18 Å². The number of H-pyrrole nitrogens is 1. The molecule has 3 rings (SSSR count). The minimum absolute atomic E-state index is 0.329. The molecule has 19 heavy (non-hydrogen) atoms. The molecule has 0 unspecified atom stereocenters. The highest BCUT2D eigenvalue weighted by molar-refractivity contribution is 5.83. The van der Waals surface area contributed by atoms with E-state index in [-0.39, 0.29) is 5.69 Å². The number of para-hydroxylation sites is 1. The Morgan fingerprint density at radius 1 is 1.21 bits per heavy atom. The van der Waals surface area contributed by atoms with E-state index in [9.17, 15) is 9.18 Å². The Labute approximate surface area is 108 Å². The van der Waals surface area contributed by atoms with Gasteiger partial charge in [0.25, 0.3) is 0 Å². The van der Waals surface area contributed by atoms with Crippen LogP contribution in [0, 0.1) is 5.82 Å². The van der Waals surface area contributed by atoms with Crippen molar-refractivity contribution >= 4 is 11.0 Å². The summed E-state index contributed by atoms with van der Waals surface area (Å²) in [6, 6.07) is 11.2. The van der Waals surface area contributed by atoms with Crippen molar-refractivity contribution in [2.45, 2.75) is 0 Å². The number of benzene rings is 2. The molecule has 0 saturated carbocycles. The smallest absolute Gasteiger partial charge is 0.331 e. The van der Waals surface area contributed by atoms with Crippen molar-refractivity contribution in [2.24, 2.45) is 0 Å². The van der Waals surface area contributed by atoms with Crippen molar-refractivity contribution in [1.82, 2.24) is 9.55 Å². The van der Waals surface area contributed by atoms with Gasteiger partial charge in [0.05, 0.1) is 18.3 Å². The van der Waals surface area contributed by atoms with E-state index < -0.39 is 5.82 Å². The summed E-state index contributed by atoms with van der Waals surface area (Å²) in [5, 5.41) is 0. The molecule has 2 aromatic carbocycles. The molecule has 96 valence electrons. The number of methoxy groups -OCH3 is 1. The van der Waals surface area contributed by atoms with Gasteiger partial charge in [0, 0.05) is 0 Å². The summed E-state index contributed by atoms with van der Waals surface area (Å²) in [6.07, 6.45) is 0. The standard InChI is InChI=1S/C14H11FN2O2/c1-19-12-7-3-6-11-13(12)17(14(18)16-11)10-5-2-4-9(15)8-10/h2-8H,1H3,(H,16,18). The molecular weight excluding hydrogens is 247 g/mol. The summed E-state index contributed by atoms with van der Waals surface area (Å²) in [6.45, 7) is 0. The maximum absolute atomic E-state index is 13.3. The van der Waals surface area contributed by atoms with Gasteiger partial charge in [-0.05, 0) is 30.3 Å². The Kier molecular flexibility index (Phi) is 2.59. The largest absolute Gasteiger partial charge is 0.494 e. The predicted octanol–water partition coefficient (Wildman–Crippen LogP) is 2.47. The summed E-state index contributed by atoms with van der Waals surface area (Å²) in [5.41, 5.74) is 1.38. The van der Waals surface area contributed by atoms with Crippen LogP contribution < -0.4 is 10.4 Å². The summed E-state index contributed by atoms with van der Waals surface area (Å²) >= 11 is 0. The third kappa shape index (κ3) is 1.79. The first kappa shape index (κ1) is 11.5. The Hall–Kier alpha value is -2.56. The lowest BCUT2D eigenvalue weighted by atomic mass is 10.2. The molecule has 0 amide bonds. The molecule has 0 aliphatic rings. The molecule has 1 N–H and O–H groups in total. The van der Waals surface area contributed by atoms with Crippen LogP contribution in [0.3, 0.4) is 0 Å². The zero-order chi connectivity index (χ0) is 13.4. The SMILES string of the molecule is COc1cccc2[nH]c(=O)n(-c3cccc(F)c3)c12. The van der Waals surface area contributed by atoms with E-state index >= 15 is 0 Å². The fourth-order valence-electron chi connectivity index (χ4n) is 2.15. The first-order chi connectivity index (χ1) is 9.20. The third-order valence-electron chi connectivity index (χ3n) is 2.95. The average molecular weight is 258 g/mol. The second-order valence-electron chi connectivity index (χ2n) is 4.10. The van der Waals surface area contributed by atoms with Crippen molar-refractivity contribution in [3.8, 4) is 11.4 Å². The molecule has 1 aromatic heterocycles. The number of aromatic amines is 1. The maximum atomic E-state index is 13.3. The Morgan fingerprint density at radius 3 is 2.74 bits per heavy atom. The fraction of sp³-hybridized carbons (Fsp3) is 0.0714. The minimum Gasteiger partial charge on any atom is -0.494 e. The Balaban J connectivity index is 2.40. The number of hydrogen-bond donors (Lipinski definition) is 1. The molecule has 0 aliphatic heterocycles. The molecule has 3 aromatic rings. The van der Waals surface area contributed by atoms with Crippen LogP contribution in [0.15, 0.2) is 47.3 Å². The maximum Gasteiger partial charge on any atom is 0.331 e. The van der Waals surface area contributed by atoms with Crippen molar-refractivity contribution in [2.75, 3.05) is 7.11 Å². The minimum atomic E-state index is -0.395. The monoisotopic (exact) mass is 258 g/mol. The van der Waals surface area contributed by atoms with Gasteiger partial charge in [0.1, 0.15) is 17.1 Å². The van der Waals surface area contributed by atoms with Gasteiger partial charge in [-0.2, -0.15) is 0 Å². The van der Waals surface area contributed by atoms with Crippen LogP contribution in [0.4, 0.5) is 4.39 Å². The van der Waals surface area contributed by atoms with E-state index in [2.05, 4.69) is 4.98 Å². The normalized spacial score (nSPS) is 10.8. The van der Waals surface area contributed by atoms with Crippen molar-refractivity contribution in [3.05, 3.63) is 58.8 Å². The molecule has 0 radical (unpaired) electrons. The summed E-state index contributed by atoms with van der Waals surface area (Å²) < 4.78 is 20.0. The molecule has 0 fully saturated rings. The number of ether oxygens (including phenoxy) is 1. The fourth-order valence-corrected chi connectivity index (χ4v) is 2.15. The lowest BCUT2D eigenvalue weighted by molar-refractivity contribution is 0.418. The van der Waals surface area contributed by atoms with Gasteiger partial charge in [0.2, 0.25) is 0 Å². The molecule has 0 bridgehead atoms. The third-order valence-corrected chi connectivity index (χ3v) is 2.95. The summed E-state index contributed by atoms with van der Waals surface area (Å²) in [7, 11) is 1.53. The van der Waals surface area contributed by atoms with Crippen LogP contribution in [0.2, 0.25) is 0 Å². The number of aromatic nitrogens is 2. The van der Waals surface area contributed by atoms with E-state index in [1.165, 1.54) is 23.8 Å². The molecule has 0 atom stereocenters. The molecule has 0 saturated heterocycles. The topological polar surface area (TPSA) is 47.0 Å². The number of hydrogen-bond acceptors (Lipinski definition) is 2. The summed E-state index contributed by atoms with van der Waals surface area (Å²) in [4.78, 5) is 14.8. The predicted molar refractivity (Wildman–Crippen MR) is 70.4 cm³/mol. The van der Waals surface area contributed by atoms with Crippen molar-refractivity contribution in [3.63, 3.8) is 0 Å². The van der Waals surface area contributed by atoms with Crippen molar-refractivity contribution in [1.29, 1.82) is 0 Å². The zero-order valence-corrected chi connectivity index (χ0v) is 10.2. The molecular formula is C14H11FN2O2. The van der Waals surface area contributed by atoms with E-state index in [0.717, 1.165) is 0 Å². The molecule has 0 aliphatic carbocycles. The van der Waals surface area contributed by atoms with Crippen LogP contribution in [0.1, 0.15) is 0 Å². The van der Waals surface area contributed by atoms with Gasteiger partial charge in [-0.3, -0.25) is 4.57 Å². The number of fused-ring (bicyclic) bond motifs is 1. The highest BCUT2D eigenvalue weighted by atomic mass is 19.1. The highest BCUT2D eigenvalue weighted by Crippen LogP contribution is 2.25. The van der Waals surface area contributed by atoms with E-state index in [0.29, 0.717) is 22.5 Å². The first-order valence-electron chi connectivity index (χ1n) is 5.74. The van der Waals surface area contributed by atoms with Gasteiger partial charge in [-0.15, -0.1) is 0 Å². The van der Waals surface area contributed by atoms with E-state index in [4.69, 9.17) is 4.74 Å². The van der Waals surface area contributed by atoms with Crippen LogP contribution >= 0.6 is 0 Å². The first-order valence-corrected chi connectivity index (χ1v) is 5.74. The van der Waals surface area contributed by atoms with E-state index in [1.807, 2.05) is 0 Å². The Morgan fingerprint density at radius 2 is 2.00 bits per heavy atom. The second-order valence-corrected chi connectivity index (χ2v) is 4.10. The van der Waals surface area contributed by atoms with Crippen molar-refractivity contribution < 1.29 is 9.13 Å². The lowest BCUT2D eigenvalue weighted by Gasteiger charge is -2.07. The molecule has 0 spiro atoms. The number of halogens is 1. The highest BCUT2D eigenvalue weighted by Gasteiger charge is 2.13. The number of nitrogens with one attached hydrogen (secondary N) is 1. The number of imidazole rings is 1. The number of nitrogens with zero attached hydrogens (tertiary/aromatic N) is 1. The van der Waals surface area contributed by atoms with Crippen LogP contribution in [0.5, 0.6) is 5.75 Å². The number of rotatable bonds is 2. The van der Waals surface area contributed by atoms with Gasteiger partial charge in [0.15, 0.2) is 0 Å². The molecule has 4 nitrogen and oxygen atoms in total. The molecule has 1 heterocycles. The van der Waals surface area contributed by atoms with Crippen LogP contribution in [0.25, 0.3) is 16.7 Å². The van der Waals surface area contributed by atoms with Gasteiger partial charge < -0.3 is 9.72 Å². The molecule has 5 heteroatoms. The van der Waals surface area contributed by atoms with Gasteiger partial charge >= 0.3 is 5.69 Å². The quantitative estimate of drug-likeness (QED) is 0.767. The average Bonchev–Trinajstić information content (AvgIpc) is 2.74. The summed E-state index contributed by atoms with van der Waals surface area (Å²) in [5.74, 6) is 0.161. The Bertz CT molecular complexity index is 805. The zero-order valence-electron chi connectivity index (χ0n) is 10.2. The van der Waals surface area contributed by atoms with Crippen LogP contribution in [-0.4, -0.2) is 16.7 Å². The van der Waals surface area contributed by atoms with Gasteiger partial charge in [-0.1, -0.05) is 12.1 Å². The van der Waals surface area contributed by atoms with E-state index in [1.54, 1.807) is 30.3 Å². The lowest BCUT2D eigenvalue weighted by Crippen LogP contribution is -2.14. The second kappa shape index (κ2) is 4.28.